The first-order valence-corrected chi connectivity index (χ1v) is 6.12. The summed E-state index contributed by atoms with van der Waals surface area (Å²) in [6, 6.07) is 5.74. The van der Waals surface area contributed by atoms with E-state index in [-0.39, 0.29) is 0 Å². The summed E-state index contributed by atoms with van der Waals surface area (Å²) in [6.45, 7) is 0. The maximum atomic E-state index is 5.16. The molecule has 0 bridgehead atoms. The second-order valence-electron chi connectivity index (χ2n) is 2.76. The molecule has 2 rings (SSSR count). The molecule has 3 nitrogen and oxygen atoms in total. The van der Waals surface area contributed by atoms with Gasteiger partial charge in [0.25, 0.3) is 0 Å². The third-order valence-electron chi connectivity index (χ3n) is 1.84. The van der Waals surface area contributed by atoms with Crippen LogP contribution in [-0.2, 0) is 0 Å². The molecule has 0 aliphatic heterocycles. The van der Waals surface area contributed by atoms with E-state index in [1.54, 1.807) is 7.11 Å². The number of methoxy groups -OCH3 is 1. The molecule has 1 heterocycles. The third kappa shape index (κ3) is 2.27. The molecule has 1 N–H and O–H groups in total. The molecule has 0 atom stereocenters. The molecule has 78 valence electrons. The zero-order chi connectivity index (χ0) is 10.8. The summed E-state index contributed by atoms with van der Waals surface area (Å²) >= 11 is 9.90. The highest BCUT2D eigenvalue weighted by atomic mass is 79.9. The summed E-state index contributed by atoms with van der Waals surface area (Å²) < 4.78 is 6.80. The van der Waals surface area contributed by atoms with Crippen molar-refractivity contribution in [3.63, 3.8) is 0 Å². The van der Waals surface area contributed by atoms with Crippen LogP contribution in [-0.4, -0.2) is 17.3 Å². The predicted molar refractivity (Wildman–Crippen MR) is 67.0 cm³/mol. The molecule has 0 aliphatic carbocycles. The summed E-state index contributed by atoms with van der Waals surface area (Å²) in [5.74, 6) is 0.800. The summed E-state index contributed by atoms with van der Waals surface area (Å²) in [7, 11) is 1.64. The quantitative estimate of drug-likeness (QED) is 0.861. The number of ether oxygens (including phenoxy) is 1. The van der Waals surface area contributed by atoms with E-state index >= 15 is 0 Å². The van der Waals surface area contributed by atoms with Gasteiger partial charge in [0.15, 0.2) is 3.95 Å². The Balaban J connectivity index is 2.56. The number of aromatic amines is 1. The number of hydrogen-bond acceptors (Lipinski definition) is 4. The molecule has 1 aromatic heterocycles. The highest BCUT2D eigenvalue weighted by molar-refractivity contribution is 9.10. The predicted octanol–water partition coefficient (Wildman–Crippen LogP) is 3.64. The molecule has 15 heavy (non-hydrogen) atoms. The van der Waals surface area contributed by atoms with Crippen molar-refractivity contribution in [2.75, 3.05) is 7.11 Å². The van der Waals surface area contributed by atoms with Crippen molar-refractivity contribution in [1.29, 1.82) is 0 Å². The molecule has 0 radical (unpaired) electrons. The van der Waals surface area contributed by atoms with Gasteiger partial charge in [0.1, 0.15) is 10.8 Å². The topological polar surface area (TPSA) is 37.9 Å². The van der Waals surface area contributed by atoms with Gasteiger partial charge < -0.3 is 4.74 Å². The van der Waals surface area contributed by atoms with Gasteiger partial charge in [0.2, 0.25) is 0 Å². The third-order valence-corrected chi connectivity index (χ3v) is 3.66. The van der Waals surface area contributed by atoms with E-state index in [0.717, 1.165) is 20.8 Å². The molecule has 2 aromatic rings. The van der Waals surface area contributed by atoms with Crippen LogP contribution in [0.1, 0.15) is 0 Å². The molecule has 0 spiro atoms. The largest absolute Gasteiger partial charge is 0.497 e. The second-order valence-corrected chi connectivity index (χ2v) is 5.28. The maximum Gasteiger partial charge on any atom is 0.176 e. The number of nitrogens with zero attached hydrogens (tertiary/aromatic N) is 1. The zero-order valence-corrected chi connectivity index (χ0v) is 11.0. The summed E-state index contributed by atoms with van der Waals surface area (Å²) in [5.41, 5.74) is 0.978. The highest BCUT2D eigenvalue weighted by Crippen LogP contribution is 2.32. The van der Waals surface area contributed by atoms with Gasteiger partial charge in [-0.05, 0) is 30.4 Å². The van der Waals surface area contributed by atoms with Crippen molar-refractivity contribution >= 4 is 39.5 Å². The van der Waals surface area contributed by atoms with Gasteiger partial charge in [-0.3, -0.25) is 5.10 Å². The van der Waals surface area contributed by atoms with E-state index in [2.05, 4.69) is 26.1 Å². The lowest BCUT2D eigenvalue weighted by Gasteiger charge is -2.03. The zero-order valence-electron chi connectivity index (χ0n) is 7.78. The van der Waals surface area contributed by atoms with Gasteiger partial charge in [0.05, 0.1) is 7.11 Å². The number of hydrogen-bond donors (Lipinski definition) is 1. The number of rotatable bonds is 2. The molecular formula is C9H7BrN2OS2. The van der Waals surface area contributed by atoms with Crippen LogP contribution in [0, 0.1) is 3.95 Å². The van der Waals surface area contributed by atoms with Crippen molar-refractivity contribution in [3.05, 3.63) is 26.6 Å². The first-order valence-electron chi connectivity index (χ1n) is 4.10. The SMILES string of the molecule is COc1ccc(Br)c(-c2n[nH]c(=S)s2)c1. The Morgan fingerprint density at radius 3 is 2.93 bits per heavy atom. The lowest BCUT2D eigenvalue weighted by Crippen LogP contribution is -1.85. The van der Waals surface area contributed by atoms with Gasteiger partial charge >= 0.3 is 0 Å². The van der Waals surface area contributed by atoms with E-state index in [4.69, 9.17) is 17.0 Å². The van der Waals surface area contributed by atoms with Crippen LogP contribution in [0.15, 0.2) is 22.7 Å². The lowest BCUT2D eigenvalue weighted by molar-refractivity contribution is 0.415. The standard InChI is InChI=1S/C9H7BrN2OS2/c1-13-5-2-3-7(10)6(4-5)8-11-12-9(14)15-8/h2-4H,1H3,(H,12,14). The molecule has 0 amide bonds. The first kappa shape index (κ1) is 10.8. The number of aromatic nitrogens is 2. The monoisotopic (exact) mass is 302 g/mol. The summed E-state index contributed by atoms with van der Waals surface area (Å²) in [4.78, 5) is 0. The molecule has 0 unspecified atom stereocenters. The van der Waals surface area contributed by atoms with Crippen LogP contribution in [0.5, 0.6) is 5.75 Å². The van der Waals surface area contributed by atoms with Crippen LogP contribution in [0.2, 0.25) is 0 Å². The molecule has 0 fully saturated rings. The Morgan fingerprint density at radius 1 is 1.53 bits per heavy atom. The lowest BCUT2D eigenvalue weighted by atomic mass is 10.2. The molecule has 0 aliphatic rings. The number of H-pyrrole nitrogens is 1. The molecular weight excluding hydrogens is 296 g/mol. The van der Waals surface area contributed by atoms with Crippen molar-refractivity contribution in [3.8, 4) is 16.3 Å². The Morgan fingerprint density at radius 2 is 2.33 bits per heavy atom. The second kappa shape index (κ2) is 4.42. The number of halogens is 1. The van der Waals surface area contributed by atoms with E-state index in [0.29, 0.717) is 3.95 Å². The number of nitrogens with one attached hydrogen (secondary N) is 1. The van der Waals surface area contributed by atoms with Crippen LogP contribution in [0.25, 0.3) is 10.6 Å². The van der Waals surface area contributed by atoms with Crippen molar-refractivity contribution in [2.45, 2.75) is 0 Å². The van der Waals surface area contributed by atoms with E-state index < -0.39 is 0 Å². The maximum absolute atomic E-state index is 5.16. The van der Waals surface area contributed by atoms with Gasteiger partial charge in [-0.2, -0.15) is 5.10 Å². The van der Waals surface area contributed by atoms with E-state index in [1.165, 1.54) is 11.3 Å². The summed E-state index contributed by atoms with van der Waals surface area (Å²) in [6.07, 6.45) is 0. The van der Waals surface area contributed by atoms with Crippen LogP contribution < -0.4 is 4.74 Å². The fourth-order valence-electron chi connectivity index (χ4n) is 1.14. The minimum Gasteiger partial charge on any atom is -0.497 e. The van der Waals surface area contributed by atoms with E-state index in [9.17, 15) is 0 Å². The average Bonchev–Trinajstić information content (AvgIpc) is 2.65. The highest BCUT2D eigenvalue weighted by Gasteiger charge is 2.08. The Kier molecular flexibility index (Phi) is 3.18. The van der Waals surface area contributed by atoms with Gasteiger partial charge in [-0.15, -0.1) is 0 Å². The summed E-state index contributed by atoms with van der Waals surface area (Å²) in [5, 5.41) is 7.73. The van der Waals surface area contributed by atoms with Gasteiger partial charge in [-0.25, -0.2) is 0 Å². The van der Waals surface area contributed by atoms with Gasteiger partial charge in [-0.1, -0.05) is 27.3 Å². The Bertz CT molecular complexity index is 535. The normalized spacial score (nSPS) is 10.3. The van der Waals surface area contributed by atoms with Gasteiger partial charge in [0, 0.05) is 10.0 Å². The fraction of sp³-hybridized carbons (Fsp3) is 0.111. The van der Waals surface area contributed by atoms with Crippen molar-refractivity contribution in [1.82, 2.24) is 10.2 Å². The van der Waals surface area contributed by atoms with Crippen LogP contribution >= 0.6 is 39.5 Å². The van der Waals surface area contributed by atoms with Crippen LogP contribution in [0.3, 0.4) is 0 Å². The van der Waals surface area contributed by atoms with Crippen LogP contribution in [0.4, 0.5) is 0 Å². The smallest absolute Gasteiger partial charge is 0.176 e. The first-order chi connectivity index (χ1) is 7.20. The van der Waals surface area contributed by atoms with E-state index in [1.807, 2.05) is 18.2 Å². The molecule has 0 saturated carbocycles. The van der Waals surface area contributed by atoms with Crippen molar-refractivity contribution < 1.29 is 4.74 Å². The Hall–Kier alpha value is -0.720. The Labute approximate surface area is 104 Å². The molecule has 0 saturated heterocycles. The fourth-order valence-corrected chi connectivity index (χ4v) is 2.63. The number of benzene rings is 1. The molecule has 1 aromatic carbocycles. The molecule has 6 heteroatoms. The van der Waals surface area contributed by atoms with Crippen molar-refractivity contribution in [2.24, 2.45) is 0 Å². The minimum absolute atomic E-state index is 0.666. The minimum atomic E-state index is 0.666. The average molecular weight is 303 g/mol.